The van der Waals surface area contributed by atoms with Gasteiger partial charge in [-0.05, 0) is 100 Å². The minimum atomic E-state index is 0.701. The van der Waals surface area contributed by atoms with Gasteiger partial charge in [0.25, 0.3) is 0 Å². The molecule has 0 N–H and O–H groups in total. The number of rotatable bonds is 8. The van der Waals surface area contributed by atoms with Gasteiger partial charge in [0.2, 0.25) is 0 Å². The molecule has 0 atom stereocenters. The average Bonchev–Trinajstić information content (AvgIpc) is 3.94. The van der Waals surface area contributed by atoms with E-state index >= 15 is 0 Å². The molecule has 4 nitrogen and oxygen atoms in total. The Morgan fingerprint density at radius 3 is 1.32 bits per heavy atom. The Labute approximate surface area is 394 Å². The van der Waals surface area contributed by atoms with Gasteiger partial charge in [0.1, 0.15) is 0 Å². The number of fused-ring (bicyclic) bond motifs is 6. The highest BCUT2D eigenvalue weighted by atomic mass is 15.0. The molecule has 0 unspecified atom stereocenters. The molecule has 0 aliphatic heterocycles. The fraction of sp³-hybridized carbons (Fsp3) is 0. The van der Waals surface area contributed by atoms with Crippen LogP contribution in [0.1, 0.15) is 0 Å². The number of nitrogens with zero attached hydrogens (tertiary/aromatic N) is 4. The smallest absolute Gasteiger partial charge is 0.160 e. The van der Waals surface area contributed by atoms with Crippen molar-refractivity contribution in [2.45, 2.75) is 0 Å². The fourth-order valence-corrected chi connectivity index (χ4v) is 10.1. The predicted molar refractivity (Wildman–Crippen MR) is 283 cm³/mol. The average molecular weight is 867 g/mol. The standard InChI is InChI=1S/C64H42N4/c1-5-18-43(19-6-1)50-36-51(44-20-7-2-8-21-44)39-53(38-50)68-61-31-16-14-29-55(61)57-40-47(33-35-62(57)68)48-32-34-56-54-28-13-15-30-60(54)67(63(56)41-48)52-27-17-26-49(37-52)59-42-58(45-22-9-3-10-23-45)65-64(66-59)46-24-11-4-12-25-46/h1-42H. The van der Waals surface area contributed by atoms with E-state index in [0.29, 0.717) is 5.82 Å². The van der Waals surface area contributed by atoms with Crippen molar-refractivity contribution in [3.63, 3.8) is 0 Å². The van der Waals surface area contributed by atoms with Crippen LogP contribution in [0.2, 0.25) is 0 Å². The zero-order chi connectivity index (χ0) is 45.0. The molecular weight excluding hydrogens is 825 g/mol. The molecule has 10 aromatic carbocycles. The van der Waals surface area contributed by atoms with Crippen molar-refractivity contribution in [1.29, 1.82) is 0 Å². The predicted octanol–water partition coefficient (Wildman–Crippen LogP) is 16.7. The highest BCUT2D eigenvalue weighted by molar-refractivity contribution is 6.12. The Morgan fingerprint density at radius 1 is 0.221 bits per heavy atom. The maximum absolute atomic E-state index is 5.18. The lowest BCUT2D eigenvalue weighted by Gasteiger charge is -2.14. The SMILES string of the molecule is c1ccc(-c2cc(-c3ccccc3)cc(-n3c4ccccc4c4cc(-c5ccc6c7ccccc7n(-c7cccc(-c8cc(-c9ccccc9)nc(-c9ccccc9)n8)c7)c6c5)ccc43)c2)cc1. The normalized spacial score (nSPS) is 11.5. The molecular formula is C64H42N4. The van der Waals surface area contributed by atoms with Crippen LogP contribution in [0.4, 0.5) is 0 Å². The van der Waals surface area contributed by atoms with Crippen molar-refractivity contribution in [2.24, 2.45) is 0 Å². The van der Waals surface area contributed by atoms with Gasteiger partial charge >= 0.3 is 0 Å². The van der Waals surface area contributed by atoms with Crippen LogP contribution >= 0.6 is 0 Å². The van der Waals surface area contributed by atoms with Gasteiger partial charge in [0.15, 0.2) is 5.82 Å². The molecule has 13 aromatic rings. The summed E-state index contributed by atoms with van der Waals surface area (Å²) < 4.78 is 4.84. The molecule has 0 aliphatic carbocycles. The largest absolute Gasteiger partial charge is 0.309 e. The van der Waals surface area contributed by atoms with Gasteiger partial charge in [-0.25, -0.2) is 9.97 Å². The van der Waals surface area contributed by atoms with E-state index in [9.17, 15) is 0 Å². The number of hydrogen-bond acceptors (Lipinski definition) is 2. The Balaban J connectivity index is 0.954. The number of hydrogen-bond donors (Lipinski definition) is 0. The summed E-state index contributed by atoms with van der Waals surface area (Å²) in [5, 5.41) is 4.86. The minimum Gasteiger partial charge on any atom is -0.309 e. The Bertz CT molecular complexity index is 3890. The maximum atomic E-state index is 5.18. The second-order valence-electron chi connectivity index (χ2n) is 17.4. The number of benzene rings is 10. The third-order valence-electron chi connectivity index (χ3n) is 13.3. The summed E-state index contributed by atoms with van der Waals surface area (Å²) in [4.78, 5) is 10.2. The fourth-order valence-electron chi connectivity index (χ4n) is 10.1. The Kier molecular flexibility index (Phi) is 9.47. The molecule has 3 aromatic heterocycles. The minimum absolute atomic E-state index is 0.701. The molecule has 0 bridgehead atoms. The summed E-state index contributed by atoms with van der Waals surface area (Å²) in [5.41, 5.74) is 18.7. The van der Waals surface area contributed by atoms with Gasteiger partial charge in [-0.3, -0.25) is 0 Å². The second kappa shape index (κ2) is 16.4. The van der Waals surface area contributed by atoms with Gasteiger partial charge < -0.3 is 9.13 Å². The van der Waals surface area contributed by atoms with E-state index in [4.69, 9.17) is 9.97 Å². The molecule has 68 heavy (non-hydrogen) atoms. The van der Waals surface area contributed by atoms with Crippen LogP contribution in [-0.4, -0.2) is 19.1 Å². The molecule has 0 fully saturated rings. The number of aromatic nitrogens is 4. The monoisotopic (exact) mass is 866 g/mol. The first kappa shape index (κ1) is 39.3. The van der Waals surface area contributed by atoms with Gasteiger partial charge in [-0.2, -0.15) is 0 Å². The number of para-hydroxylation sites is 2. The van der Waals surface area contributed by atoms with Crippen LogP contribution in [0.15, 0.2) is 255 Å². The van der Waals surface area contributed by atoms with E-state index in [1.807, 2.05) is 24.3 Å². The van der Waals surface area contributed by atoms with Crippen LogP contribution in [0.3, 0.4) is 0 Å². The van der Waals surface area contributed by atoms with Crippen LogP contribution in [0.25, 0.3) is 122 Å². The highest BCUT2D eigenvalue weighted by Gasteiger charge is 2.19. The molecule has 13 rings (SSSR count). The van der Waals surface area contributed by atoms with Crippen LogP contribution in [-0.2, 0) is 0 Å². The second-order valence-corrected chi connectivity index (χ2v) is 17.4. The van der Waals surface area contributed by atoms with Crippen molar-refractivity contribution >= 4 is 43.6 Å². The van der Waals surface area contributed by atoms with E-state index in [-0.39, 0.29) is 0 Å². The Hall–Kier alpha value is -9.12. The van der Waals surface area contributed by atoms with Crippen molar-refractivity contribution in [3.8, 4) is 78.7 Å². The van der Waals surface area contributed by atoms with E-state index < -0.39 is 0 Å². The zero-order valence-electron chi connectivity index (χ0n) is 37.0. The van der Waals surface area contributed by atoms with Crippen molar-refractivity contribution in [2.75, 3.05) is 0 Å². The topological polar surface area (TPSA) is 35.6 Å². The van der Waals surface area contributed by atoms with Crippen LogP contribution < -0.4 is 0 Å². The molecule has 0 radical (unpaired) electrons. The summed E-state index contributed by atoms with van der Waals surface area (Å²) >= 11 is 0. The van der Waals surface area contributed by atoms with Gasteiger partial charge in [0.05, 0.1) is 33.5 Å². The third-order valence-corrected chi connectivity index (χ3v) is 13.3. The van der Waals surface area contributed by atoms with Gasteiger partial charge in [-0.1, -0.05) is 188 Å². The molecule has 0 saturated heterocycles. The molecule has 318 valence electrons. The van der Waals surface area contributed by atoms with Crippen molar-refractivity contribution in [3.05, 3.63) is 255 Å². The molecule has 0 spiro atoms. The summed E-state index contributed by atoms with van der Waals surface area (Å²) in [6, 6.07) is 91.3. The third kappa shape index (κ3) is 6.86. The van der Waals surface area contributed by atoms with Gasteiger partial charge in [-0.15, -0.1) is 0 Å². The molecule has 0 saturated carbocycles. The molecule has 0 aliphatic rings. The van der Waals surface area contributed by atoms with Gasteiger partial charge in [0, 0.05) is 49.6 Å². The quantitative estimate of drug-likeness (QED) is 0.153. The molecule has 4 heteroatoms. The highest BCUT2D eigenvalue weighted by Crippen LogP contribution is 2.40. The van der Waals surface area contributed by atoms with E-state index in [0.717, 1.165) is 56.0 Å². The lowest BCUT2D eigenvalue weighted by atomic mass is 9.98. The lowest BCUT2D eigenvalue weighted by Crippen LogP contribution is -1.98. The molecule has 0 amide bonds. The van der Waals surface area contributed by atoms with Crippen LogP contribution in [0, 0.1) is 0 Å². The van der Waals surface area contributed by atoms with E-state index in [2.05, 4.69) is 240 Å². The van der Waals surface area contributed by atoms with E-state index in [1.54, 1.807) is 0 Å². The first-order chi connectivity index (χ1) is 33.7. The summed E-state index contributed by atoms with van der Waals surface area (Å²) in [6.45, 7) is 0. The van der Waals surface area contributed by atoms with Crippen molar-refractivity contribution in [1.82, 2.24) is 19.1 Å². The lowest BCUT2D eigenvalue weighted by molar-refractivity contribution is 1.16. The molecule has 3 heterocycles. The van der Waals surface area contributed by atoms with Crippen molar-refractivity contribution < 1.29 is 0 Å². The zero-order valence-corrected chi connectivity index (χ0v) is 37.0. The summed E-state index contributed by atoms with van der Waals surface area (Å²) in [7, 11) is 0. The van der Waals surface area contributed by atoms with Crippen LogP contribution in [0.5, 0.6) is 0 Å². The maximum Gasteiger partial charge on any atom is 0.160 e. The summed E-state index contributed by atoms with van der Waals surface area (Å²) in [6.07, 6.45) is 0. The van der Waals surface area contributed by atoms with E-state index in [1.165, 1.54) is 60.4 Å². The first-order valence-electron chi connectivity index (χ1n) is 23.1. The Morgan fingerprint density at radius 2 is 0.676 bits per heavy atom. The first-order valence-corrected chi connectivity index (χ1v) is 23.1. The summed E-state index contributed by atoms with van der Waals surface area (Å²) in [5.74, 6) is 0.701.